The summed E-state index contributed by atoms with van der Waals surface area (Å²) >= 11 is 0. The van der Waals surface area contributed by atoms with Crippen LogP contribution in [0.2, 0.25) is 0 Å². The molecule has 0 saturated heterocycles. The maximum Gasteiger partial charge on any atom is 0.335 e. The Morgan fingerprint density at radius 3 is 2.82 bits per heavy atom. The lowest BCUT2D eigenvalue weighted by atomic mass is 10.3. The molecule has 4 heteroatoms. The molecule has 0 spiro atoms. The van der Waals surface area contributed by atoms with Crippen molar-refractivity contribution in [1.82, 2.24) is 0 Å². The van der Waals surface area contributed by atoms with E-state index in [-0.39, 0.29) is 0 Å². The van der Waals surface area contributed by atoms with Crippen molar-refractivity contribution in [2.24, 2.45) is 0 Å². The zero-order valence-corrected chi connectivity index (χ0v) is 5.98. The van der Waals surface area contributed by atoms with E-state index in [2.05, 4.69) is 9.15 Å². The second-order valence-corrected chi connectivity index (χ2v) is 1.98. The van der Waals surface area contributed by atoms with E-state index in [1.54, 1.807) is 0 Å². The number of aliphatic hydroxyl groups excluding tert-OH is 1. The van der Waals surface area contributed by atoms with Crippen LogP contribution in [0.4, 0.5) is 0 Å². The largest absolute Gasteiger partial charge is 0.431 e. The zero-order chi connectivity index (χ0) is 8.27. The van der Waals surface area contributed by atoms with Crippen LogP contribution in [0.15, 0.2) is 27.6 Å². The highest BCUT2D eigenvalue weighted by Crippen LogP contribution is 2.09. The topological polar surface area (TPSA) is 59.7 Å². The van der Waals surface area contributed by atoms with Gasteiger partial charge >= 0.3 is 5.63 Å². The molecule has 0 saturated carbocycles. The maximum atomic E-state index is 10.4. The van der Waals surface area contributed by atoms with Gasteiger partial charge in [0.05, 0.1) is 0 Å². The predicted molar refractivity (Wildman–Crippen MR) is 36.9 cm³/mol. The van der Waals surface area contributed by atoms with Gasteiger partial charge in [0.25, 0.3) is 0 Å². The molecule has 0 amide bonds. The fourth-order valence-corrected chi connectivity index (χ4v) is 0.646. The first kappa shape index (κ1) is 7.97. The molecule has 4 nitrogen and oxygen atoms in total. The lowest BCUT2D eigenvalue weighted by Gasteiger charge is -2.05. The second kappa shape index (κ2) is 3.32. The summed E-state index contributed by atoms with van der Waals surface area (Å²) in [6, 6.07) is 2.66. The smallest absolute Gasteiger partial charge is 0.335 e. The van der Waals surface area contributed by atoms with Crippen molar-refractivity contribution in [3.63, 3.8) is 0 Å². The van der Waals surface area contributed by atoms with Crippen molar-refractivity contribution >= 4 is 0 Å². The molecule has 1 N–H and O–H groups in total. The fourth-order valence-electron chi connectivity index (χ4n) is 0.646. The Bertz CT molecular complexity index is 258. The normalized spacial score (nSPS) is 12.9. The standard InChI is InChI=1S/C7H8O4/c1-10-7(9)5-2-3-6(8)11-4-5/h2-4,7,9H,1H3. The Morgan fingerprint density at radius 2 is 2.36 bits per heavy atom. The van der Waals surface area contributed by atoms with E-state index in [9.17, 15) is 4.79 Å². The Morgan fingerprint density at radius 1 is 1.64 bits per heavy atom. The van der Waals surface area contributed by atoms with Gasteiger partial charge in [0.2, 0.25) is 0 Å². The number of methoxy groups -OCH3 is 1. The highest BCUT2D eigenvalue weighted by molar-refractivity contribution is 5.07. The van der Waals surface area contributed by atoms with Crippen LogP contribution < -0.4 is 5.63 Å². The van der Waals surface area contributed by atoms with Crippen molar-refractivity contribution in [1.29, 1.82) is 0 Å². The summed E-state index contributed by atoms with van der Waals surface area (Å²) in [6.45, 7) is 0. The SMILES string of the molecule is COC(O)c1ccc(=O)oc1. The minimum Gasteiger partial charge on any atom is -0.431 e. The van der Waals surface area contributed by atoms with E-state index in [0.29, 0.717) is 5.56 Å². The molecule has 0 aliphatic heterocycles. The molecule has 1 aromatic rings. The first-order valence-corrected chi connectivity index (χ1v) is 3.03. The minimum absolute atomic E-state index is 0.423. The molecular formula is C7H8O4. The van der Waals surface area contributed by atoms with E-state index < -0.39 is 11.9 Å². The number of hydrogen-bond acceptors (Lipinski definition) is 4. The maximum absolute atomic E-state index is 10.4. The molecule has 0 fully saturated rings. The minimum atomic E-state index is -1.03. The Kier molecular flexibility index (Phi) is 2.40. The molecule has 1 unspecified atom stereocenters. The number of aliphatic hydroxyl groups is 1. The van der Waals surface area contributed by atoms with E-state index in [0.717, 1.165) is 6.26 Å². The Labute approximate surface area is 63.0 Å². The first-order valence-electron chi connectivity index (χ1n) is 3.03. The van der Waals surface area contributed by atoms with E-state index >= 15 is 0 Å². The van der Waals surface area contributed by atoms with E-state index in [4.69, 9.17) is 5.11 Å². The van der Waals surface area contributed by atoms with E-state index in [1.807, 2.05) is 0 Å². The highest BCUT2D eigenvalue weighted by Gasteiger charge is 2.04. The molecule has 60 valence electrons. The van der Waals surface area contributed by atoms with Gasteiger partial charge in [-0.05, 0) is 6.07 Å². The van der Waals surface area contributed by atoms with Crippen LogP contribution in [0.3, 0.4) is 0 Å². The van der Waals surface area contributed by atoms with Crippen molar-refractivity contribution in [3.8, 4) is 0 Å². The summed E-state index contributed by atoms with van der Waals surface area (Å²) in [5.74, 6) is 0. The Hall–Kier alpha value is -1.13. The predicted octanol–water partition coefficient (Wildman–Crippen LogP) is 0.277. The quantitative estimate of drug-likeness (QED) is 0.624. The molecule has 1 atom stereocenters. The van der Waals surface area contributed by atoms with Gasteiger partial charge < -0.3 is 14.3 Å². The van der Waals surface area contributed by atoms with Gasteiger partial charge in [0.15, 0.2) is 6.29 Å². The van der Waals surface area contributed by atoms with Crippen LogP contribution in [0.5, 0.6) is 0 Å². The highest BCUT2D eigenvalue weighted by atomic mass is 16.6. The van der Waals surface area contributed by atoms with Gasteiger partial charge in [-0.3, -0.25) is 0 Å². The summed E-state index contributed by atoms with van der Waals surface area (Å²) in [4.78, 5) is 10.4. The Balaban J connectivity index is 2.89. The third-order valence-corrected chi connectivity index (χ3v) is 1.23. The third-order valence-electron chi connectivity index (χ3n) is 1.23. The van der Waals surface area contributed by atoms with Crippen molar-refractivity contribution < 1.29 is 14.3 Å². The number of rotatable bonds is 2. The van der Waals surface area contributed by atoms with Gasteiger partial charge in [-0.2, -0.15) is 0 Å². The van der Waals surface area contributed by atoms with E-state index in [1.165, 1.54) is 19.2 Å². The lowest BCUT2D eigenvalue weighted by Crippen LogP contribution is -2.02. The van der Waals surface area contributed by atoms with Crippen molar-refractivity contribution in [3.05, 3.63) is 34.4 Å². The molecule has 11 heavy (non-hydrogen) atoms. The summed E-state index contributed by atoms with van der Waals surface area (Å²) in [5, 5.41) is 9.04. The molecule has 1 rings (SSSR count). The fraction of sp³-hybridized carbons (Fsp3) is 0.286. The van der Waals surface area contributed by atoms with Gasteiger partial charge in [-0.15, -0.1) is 0 Å². The van der Waals surface area contributed by atoms with Gasteiger partial charge in [0.1, 0.15) is 6.26 Å². The average molecular weight is 156 g/mol. The zero-order valence-electron chi connectivity index (χ0n) is 5.98. The van der Waals surface area contributed by atoms with Gasteiger partial charge in [-0.1, -0.05) is 0 Å². The van der Waals surface area contributed by atoms with Crippen LogP contribution in [-0.4, -0.2) is 12.2 Å². The molecule has 1 aromatic heterocycles. The third kappa shape index (κ3) is 1.89. The molecule has 0 aliphatic carbocycles. The summed E-state index contributed by atoms with van der Waals surface area (Å²) in [5.41, 5.74) is -0.0239. The lowest BCUT2D eigenvalue weighted by molar-refractivity contribution is -0.0780. The van der Waals surface area contributed by atoms with Crippen molar-refractivity contribution in [2.75, 3.05) is 7.11 Å². The summed E-state index contributed by atoms with van der Waals surface area (Å²) < 4.78 is 9.06. The molecular weight excluding hydrogens is 148 g/mol. The average Bonchev–Trinajstić information content (AvgIpc) is 2.05. The van der Waals surface area contributed by atoms with Crippen LogP contribution in [0.25, 0.3) is 0 Å². The van der Waals surface area contributed by atoms with Gasteiger partial charge in [0, 0.05) is 18.7 Å². The summed E-state index contributed by atoms with van der Waals surface area (Å²) in [7, 11) is 1.36. The monoisotopic (exact) mass is 156 g/mol. The molecule has 0 radical (unpaired) electrons. The summed E-state index contributed by atoms with van der Waals surface area (Å²) in [6.07, 6.45) is 0.135. The van der Waals surface area contributed by atoms with Crippen LogP contribution >= 0.6 is 0 Å². The van der Waals surface area contributed by atoms with Gasteiger partial charge in [-0.25, -0.2) is 4.79 Å². The molecule has 1 heterocycles. The number of ether oxygens (including phenoxy) is 1. The molecule has 0 aliphatic rings. The molecule has 0 bridgehead atoms. The first-order chi connectivity index (χ1) is 5.24. The molecule has 0 aromatic carbocycles. The van der Waals surface area contributed by atoms with Crippen LogP contribution in [0, 0.1) is 0 Å². The van der Waals surface area contributed by atoms with Crippen LogP contribution in [0.1, 0.15) is 11.9 Å². The van der Waals surface area contributed by atoms with Crippen LogP contribution in [-0.2, 0) is 4.74 Å². The van der Waals surface area contributed by atoms with Crippen molar-refractivity contribution in [2.45, 2.75) is 6.29 Å². The second-order valence-electron chi connectivity index (χ2n) is 1.98. The number of hydrogen-bond donors (Lipinski definition) is 1.